The van der Waals surface area contributed by atoms with Crippen molar-refractivity contribution in [1.82, 2.24) is 0 Å². The average molecular weight is 252 g/mol. The number of likely N-dealkylation sites (N-methyl/N-ethyl adjacent to an activating group) is 1. The number of para-hydroxylation sites is 1. The van der Waals surface area contributed by atoms with E-state index < -0.39 is 0 Å². The second-order valence-corrected chi connectivity index (χ2v) is 4.89. The Morgan fingerprint density at radius 3 is 2.61 bits per heavy atom. The molecule has 3 nitrogen and oxygen atoms in total. The van der Waals surface area contributed by atoms with Crippen molar-refractivity contribution in [2.75, 3.05) is 25.1 Å². The quantitative estimate of drug-likeness (QED) is 0.872. The van der Waals surface area contributed by atoms with Crippen LogP contribution in [0.3, 0.4) is 0 Å². The topological polar surface area (TPSA) is 38.5 Å². The summed E-state index contributed by atoms with van der Waals surface area (Å²) in [7, 11) is 1.71. The fourth-order valence-electron chi connectivity index (χ4n) is 2.88. The minimum absolute atomic E-state index is 0.155. The lowest BCUT2D eigenvalue weighted by molar-refractivity contribution is -0.0140. The van der Waals surface area contributed by atoms with Gasteiger partial charge in [0.2, 0.25) is 0 Å². The molecular weight excluding hydrogens is 231 g/mol. The zero-order valence-corrected chi connectivity index (χ0v) is 11.0. The van der Waals surface area contributed by atoms with Gasteiger partial charge in [0.25, 0.3) is 0 Å². The van der Waals surface area contributed by atoms with Gasteiger partial charge in [0, 0.05) is 20.2 Å². The van der Waals surface area contributed by atoms with Crippen molar-refractivity contribution >= 4 is 5.69 Å². The summed E-state index contributed by atoms with van der Waals surface area (Å²) < 4.78 is 19.2. The van der Waals surface area contributed by atoms with Gasteiger partial charge in [-0.05, 0) is 31.9 Å². The second-order valence-electron chi connectivity index (χ2n) is 4.89. The number of methoxy groups -OCH3 is 1. The van der Waals surface area contributed by atoms with Crippen molar-refractivity contribution in [2.24, 2.45) is 5.73 Å². The molecule has 0 amide bonds. The molecule has 0 aromatic heterocycles. The maximum atomic E-state index is 13.9. The molecule has 1 aliphatic rings. The minimum atomic E-state index is -0.187. The molecule has 0 unspecified atom stereocenters. The lowest BCUT2D eigenvalue weighted by Gasteiger charge is -2.54. The van der Waals surface area contributed by atoms with Crippen molar-refractivity contribution < 1.29 is 9.13 Å². The van der Waals surface area contributed by atoms with Crippen LogP contribution in [0.1, 0.15) is 19.8 Å². The first kappa shape index (κ1) is 13.3. The zero-order chi connectivity index (χ0) is 13.2. The number of rotatable bonds is 5. The molecule has 1 saturated carbocycles. The van der Waals surface area contributed by atoms with Crippen LogP contribution in [0.4, 0.5) is 10.1 Å². The summed E-state index contributed by atoms with van der Waals surface area (Å²) >= 11 is 0. The summed E-state index contributed by atoms with van der Waals surface area (Å²) in [4.78, 5) is 2.08. The number of anilines is 1. The zero-order valence-electron chi connectivity index (χ0n) is 11.0. The van der Waals surface area contributed by atoms with Gasteiger partial charge in [0.1, 0.15) is 5.82 Å². The van der Waals surface area contributed by atoms with Gasteiger partial charge < -0.3 is 15.4 Å². The number of benzene rings is 1. The molecule has 2 N–H and O–H groups in total. The van der Waals surface area contributed by atoms with Crippen molar-refractivity contribution in [2.45, 2.75) is 31.4 Å². The number of hydrogen-bond acceptors (Lipinski definition) is 3. The maximum Gasteiger partial charge on any atom is 0.146 e. The largest absolute Gasteiger partial charge is 0.381 e. The Morgan fingerprint density at radius 2 is 2.11 bits per heavy atom. The number of nitrogens with zero attached hydrogens (tertiary/aromatic N) is 1. The highest BCUT2D eigenvalue weighted by molar-refractivity contribution is 5.51. The van der Waals surface area contributed by atoms with Gasteiger partial charge in [0.15, 0.2) is 0 Å². The molecule has 100 valence electrons. The van der Waals surface area contributed by atoms with Crippen LogP contribution < -0.4 is 10.6 Å². The summed E-state index contributed by atoms with van der Waals surface area (Å²) in [5, 5.41) is 0. The van der Waals surface area contributed by atoms with E-state index in [0.717, 1.165) is 19.4 Å². The van der Waals surface area contributed by atoms with Gasteiger partial charge in [-0.1, -0.05) is 12.1 Å². The summed E-state index contributed by atoms with van der Waals surface area (Å²) in [6, 6.07) is 6.88. The first-order valence-corrected chi connectivity index (χ1v) is 6.42. The van der Waals surface area contributed by atoms with Crippen molar-refractivity contribution in [3.8, 4) is 0 Å². The van der Waals surface area contributed by atoms with Crippen LogP contribution in [0.25, 0.3) is 0 Å². The minimum Gasteiger partial charge on any atom is -0.381 e. The van der Waals surface area contributed by atoms with Crippen LogP contribution in [-0.2, 0) is 4.74 Å². The monoisotopic (exact) mass is 252 g/mol. The molecule has 1 aromatic carbocycles. The van der Waals surface area contributed by atoms with Gasteiger partial charge in [-0.15, -0.1) is 0 Å². The molecule has 0 atom stereocenters. The van der Waals surface area contributed by atoms with Gasteiger partial charge in [-0.25, -0.2) is 4.39 Å². The van der Waals surface area contributed by atoms with Gasteiger partial charge in [-0.3, -0.25) is 0 Å². The number of hydrogen-bond donors (Lipinski definition) is 1. The molecule has 18 heavy (non-hydrogen) atoms. The first-order valence-electron chi connectivity index (χ1n) is 6.42. The summed E-state index contributed by atoms with van der Waals surface area (Å²) in [6.07, 6.45) is 1.97. The maximum absolute atomic E-state index is 13.9. The predicted octanol–water partition coefficient (Wildman–Crippen LogP) is 2.16. The smallest absolute Gasteiger partial charge is 0.146 e. The molecule has 0 radical (unpaired) electrons. The van der Waals surface area contributed by atoms with E-state index in [2.05, 4.69) is 4.90 Å². The van der Waals surface area contributed by atoms with Gasteiger partial charge in [-0.2, -0.15) is 0 Å². The Morgan fingerprint density at radius 1 is 1.44 bits per heavy atom. The van der Waals surface area contributed by atoms with Gasteiger partial charge in [0.05, 0.1) is 17.3 Å². The fraction of sp³-hybridized carbons (Fsp3) is 0.571. The summed E-state index contributed by atoms with van der Waals surface area (Å²) in [5.74, 6) is -0.187. The summed E-state index contributed by atoms with van der Waals surface area (Å²) in [6.45, 7) is 3.30. The Hall–Kier alpha value is -1.13. The van der Waals surface area contributed by atoms with E-state index in [4.69, 9.17) is 10.5 Å². The lowest BCUT2D eigenvalue weighted by Crippen LogP contribution is -2.64. The van der Waals surface area contributed by atoms with Crippen LogP contribution in [0.15, 0.2) is 24.3 Å². The molecule has 0 heterocycles. The van der Waals surface area contributed by atoms with Crippen molar-refractivity contribution in [3.05, 3.63) is 30.1 Å². The van der Waals surface area contributed by atoms with Crippen molar-refractivity contribution in [1.29, 1.82) is 0 Å². The highest BCUT2D eigenvalue weighted by Crippen LogP contribution is 2.41. The molecule has 1 fully saturated rings. The van der Waals surface area contributed by atoms with E-state index in [-0.39, 0.29) is 17.5 Å². The second kappa shape index (κ2) is 5.24. The lowest BCUT2D eigenvalue weighted by atomic mass is 9.72. The molecule has 1 aromatic rings. The van der Waals surface area contributed by atoms with Gasteiger partial charge >= 0.3 is 0 Å². The highest BCUT2D eigenvalue weighted by atomic mass is 19.1. The Labute approximate surface area is 108 Å². The third-order valence-corrected chi connectivity index (χ3v) is 3.96. The molecule has 2 rings (SSSR count). The Kier molecular flexibility index (Phi) is 3.88. The number of ether oxygens (including phenoxy) is 1. The van der Waals surface area contributed by atoms with Crippen LogP contribution >= 0.6 is 0 Å². The normalized spacial score (nSPS) is 26.8. The van der Waals surface area contributed by atoms with E-state index in [9.17, 15) is 4.39 Å². The molecule has 1 aliphatic carbocycles. The molecule has 0 spiro atoms. The number of nitrogens with two attached hydrogens (primary N) is 1. The summed E-state index contributed by atoms with van der Waals surface area (Å²) in [5.41, 5.74) is 6.41. The molecular formula is C14H21FN2O. The standard InChI is InChI=1S/C14H21FN2O/c1-3-17(13-7-5-4-6-12(13)15)14(10-16)8-11(9-14)18-2/h4-7,11H,3,8-10,16H2,1-2H3. The predicted molar refractivity (Wildman–Crippen MR) is 71.2 cm³/mol. The fourth-order valence-corrected chi connectivity index (χ4v) is 2.88. The van der Waals surface area contributed by atoms with E-state index in [0.29, 0.717) is 12.2 Å². The third kappa shape index (κ3) is 2.10. The Bertz CT molecular complexity index is 405. The molecule has 0 saturated heterocycles. The number of halogens is 1. The van der Waals surface area contributed by atoms with E-state index >= 15 is 0 Å². The molecule has 0 aliphatic heterocycles. The first-order chi connectivity index (χ1) is 8.66. The van der Waals surface area contributed by atoms with Crippen LogP contribution in [0.5, 0.6) is 0 Å². The molecule has 0 bridgehead atoms. The van der Waals surface area contributed by atoms with Crippen LogP contribution in [0.2, 0.25) is 0 Å². The van der Waals surface area contributed by atoms with E-state index in [1.165, 1.54) is 6.07 Å². The molecule has 4 heteroatoms. The van der Waals surface area contributed by atoms with Crippen LogP contribution in [-0.4, -0.2) is 31.8 Å². The Balaban J connectivity index is 2.26. The SMILES string of the molecule is CCN(c1ccccc1F)C1(CN)CC(OC)C1. The highest BCUT2D eigenvalue weighted by Gasteiger charge is 2.48. The third-order valence-electron chi connectivity index (χ3n) is 3.96. The van der Waals surface area contributed by atoms with E-state index in [1.807, 2.05) is 19.1 Å². The van der Waals surface area contributed by atoms with Crippen molar-refractivity contribution in [3.63, 3.8) is 0 Å². The van der Waals surface area contributed by atoms with E-state index in [1.54, 1.807) is 13.2 Å². The van der Waals surface area contributed by atoms with Crippen LogP contribution in [0, 0.1) is 5.82 Å². The average Bonchev–Trinajstić information content (AvgIpc) is 2.35.